The Kier molecular flexibility index (Phi) is 8.35. The Morgan fingerprint density at radius 3 is 2.12 bits per heavy atom. The Hall–Kier alpha value is -1.81. The first-order chi connectivity index (χ1) is 12.0. The van der Waals surface area contributed by atoms with Crippen LogP contribution < -0.4 is 23.8 Å². The molecule has 2 aromatic rings. The van der Waals surface area contributed by atoms with Gasteiger partial charge in [-0.15, -0.1) is 0 Å². The molecule has 0 aliphatic heterocycles. The van der Waals surface area contributed by atoms with Crippen LogP contribution in [0.15, 0.2) is 47.4 Å². The summed E-state index contributed by atoms with van der Waals surface area (Å²) in [5.41, 5.74) is 3.19. The number of hydrogen-bond donors (Lipinski definition) is 1. The van der Waals surface area contributed by atoms with Crippen LogP contribution in [0, 0.1) is 17.2 Å². The van der Waals surface area contributed by atoms with Gasteiger partial charge in [0.2, 0.25) is 0 Å². The molecular formula is C17H19ClO7S. The zero-order chi connectivity index (χ0) is 19.9. The number of rotatable bonds is 4. The lowest BCUT2D eigenvalue weighted by molar-refractivity contribution is -1.92. The standard InChI is InChI=1S/C17H18O3S.ClHO4/c1-12-14(11-13-7-5-4-6-8-13)16(21(2)3)10-9-15(12)20-17(18)19;2-1(3,4)5/h4-10H,11H2,1-3H3;(H,2,3,4,5). The molecule has 1 N–H and O–H groups in total. The van der Waals surface area contributed by atoms with Crippen LogP contribution in [0.5, 0.6) is 5.75 Å². The number of benzene rings is 2. The molecule has 9 heteroatoms. The highest BCUT2D eigenvalue weighted by atomic mass is 35.7. The summed E-state index contributed by atoms with van der Waals surface area (Å²) >= 11 is 0. The van der Waals surface area contributed by atoms with E-state index in [-0.39, 0.29) is 10.9 Å². The van der Waals surface area contributed by atoms with Crippen LogP contribution >= 0.6 is 0 Å². The van der Waals surface area contributed by atoms with E-state index in [4.69, 9.17) is 23.4 Å². The van der Waals surface area contributed by atoms with E-state index < -0.39 is 16.4 Å². The summed E-state index contributed by atoms with van der Waals surface area (Å²) in [5.74, 6) is 0.357. The lowest BCUT2D eigenvalue weighted by Crippen LogP contribution is -2.58. The molecule has 26 heavy (non-hydrogen) atoms. The second-order valence-corrected chi connectivity index (χ2v) is 8.26. The van der Waals surface area contributed by atoms with E-state index in [2.05, 4.69) is 24.6 Å². The molecule has 0 aliphatic carbocycles. The van der Waals surface area contributed by atoms with Gasteiger partial charge in [-0.3, -0.25) is 0 Å². The number of hydrogen-bond acceptors (Lipinski definition) is 7. The largest absolute Gasteiger partial charge is 0.514 e. The molecule has 0 spiro atoms. The van der Waals surface area contributed by atoms with Crippen molar-refractivity contribution < 1.29 is 43.5 Å². The number of halogens is 1. The highest BCUT2D eigenvalue weighted by Gasteiger charge is 2.19. The minimum atomic E-state index is -4.69. The second-order valence-electron chi connectivity index (χ2n) is 5.39. The van der Waals surface area contributed by atoms with E-state index in [1.165, 1.54) is 10.5 Å². The van der Waals surface area contributed by atoms with Crippen molar-refractivity contribution >= 4 is 17.1 Å². The average molecular weight is 403 g/mol. The van der Waals surface area contributed by atoms with E-state index in [9.17, 15) is 9.90 Å². The molecule has 7 nitrogen and oxygen atoms in total. The monoisotopic (exact) mass is 402 g/mol. The van der Waals surface area contributed by atoms with Crippen molar-refractivity contribution in [2.45, 2.75) is 18.2 Å². The topological polar surface area (TPSA) is 139 Å². The average Bonchev–Trinajstić information content (AvgIpc) is 2.50. The van der Waals surface area contributed by atoms with Crippen LogP contribution in [0.25, 0.3) is 0 Å². The van der Waals surface area contributed by atoms with Crippen LogP contribution in [0.2, 0.25) is 0 Å². The minimum absolute atomic E-state index is 0.0860. The first kappa shape index (κ1) is 22.2. The first-order valence-corrected chi connectivity index (χ1v) is 10.6. The fraction of sp³-hybridized carbons (Fsp3) is 0.235. The smallest absolute Gasteiger partial charge is 0.257 e. The maximum atomic E-state index is 10.7. The molecule has 0 unspecified atom stereocenters. The van der Waals surface area contributed by atoms with Crippen molar-refractivity contribution in [1.29, 1.82) is 0 Å². The zero-order valence-corrected chi connectivity index (χ0v) is 16.0. The summed E-state index contributed by atoms with van der Waals surface area (Å²) in [6.45, 7) is 1.90. The van der Waals surface area contributed by atoms with Gasteiger partial charge in [0.1, 0.15) is 12.5 Å². The molecule has 0 aromatic heterocycles. The molecule has 0 aliphatic rings. The van der Waals surface area contributed by atoms with Crippen molar-refractivity contribution in [2.24, 2.45) is 0 Å². The van der Waals surface area contributed by atoms with Gasteiger partial charge < -0.3 is 14.6 Å². The zero-order valence-electron chi connectivity index (χ0n) is 14.4. The van der Waals surface area contributed by atoms with Gasteiger partial charge in [-0.1, -0.05) is 30.3 Å². The molecule has 0 radical (unpaired) electrons. The maximum Gasteiger partial charge on any atom is 0.257 e. The van der Waals surface area contributed by atoms with Gasteiger partial charge in [0, 0.05) is 22.9 Å². The van der Waals surface area contributed by atoms with Gasteiger partial charge in [0.05, 0.1) is 20.7 Å². The van der Waals surface area contributed by atoms with Crippen LogP contribution in [0.1, 0.15) is 16.7 Å². The van der Waals surface area contributed by atoms with Gasteiger partial charge in [-0.05, 0) is 30.2 Å². The molecule has 0 bridgehead atoms. The fourth-order valence-electron chi connectivity index (χ4n) is 2.31. The summed E-state index contributed by atoms with van der Waals surface area (Å²) in [4.78, 5) is 11.9. The van der Waals surface area contributed by atoms with Crippen molar-refractivity contribution in [2.75, 3.05) is 12.5 Å². The molecule has 0 saturated heterocycles. The lowest BCUT2D eigenvalue weighted by Gasteiger charge is -2.17. The molecule has 142 valence electrons. The van der Waals surface area contributed by atoms with E-state index in [0.717, 1.165) is 17.5 Å². The highest BCUT2D eigenvalue weighted by Crippen LogP contribution is 2.30. The third kappa shape index (κ3) is 8.05. The lowest BCUT2D eigenvalue weighted by atomic mass is 10.00. The number of ether oxygens (including phenoxy) is 1. The maximum absolute atomic E-state index is 10.7. The summed E-state index contributed by atoms with van der Waals surface area (Å²) in [6, 6.07) is 13.8. The van der Waals surface area contributed by atoms with Crippen molar-refractivity contribution in [3.05, 3.63) is 59.2 Å². The van der Waals surface area contributed by atoms with Gasteiger partial charge in [-0.25, -0.2) is 0 Å². The Morgan fingerprint density at radius 1 is 1.12 bits per heavy atom. The molecular weight excluding hydrogens is 384 g/mol. The van der Waals surface area contributed by atoms with Crippen LogP contribution in [-0.2, 0) is 17.3 Å². The number of carboxylic acid groups (broad SMARTS) is 1. The molecule has 0 fully saturated rings. The normalized spacial score (nSPS) is 10.9. The molecule has 0 amide bonds. The number of carbonyl (C=O) groups is 1. The summed E-state index contributed by atoms with van der Waals surface area (Å²) in [7, 11) is -4.61. The molecule has 0 heterocycles. The van der Waals surface area contributed by atoms with Crippen LogP contribution in [-0.4, -0.2) is 23.3 Å². The Labute approximate surface area is 156 Å². The van der Waals surface area contributed by atoms with Gasteiger partial charge in [0.25, 0.3) is 6.16 Å². The minimum Gasteiger partial charge on any atom is -0.514 e. The quantitative estimate of drug-likeness (QED) is 0.370. The van der Waals surface area contributed by atoms with Crippen molar-refractivity contribution in [3.8, 4) is 5.75 Å². The third-order valence-electron chi connectivity index (χ3n) is 3.36. The van der Waals surface area contributed by atoms with E-state index >= 15 is 0 Å². The predicted molar refractivity (Wildman–Crippen MR) is 86.1 cm³/mol. The summed E-state index contributed by atoms with van der Waals surface area (Å²) < 4.78 is 37.5. The Bertz CT molecular complexity index is 724. The molecule has 0 saturated carbocycles. The highest BCUT2D eigenvalue weighted by molar-refractivity contribution is 7.95. The molecule has 2 aromatic carbocycles. The van der Waals surface area contributed by atoms with E-state index in [1.54, 1.807) is 6.07 Å². The fourth-order valence-corrected chi connectivity index (χ4v) is 3.37. The summed E-state index contributed by atoms with van der Waals surface area (Å²) in [6.07, 6.45) is 3.55. The van der Waals surface area contributed by atoms with Gasteiger partial charge in [0.15, 0.2) is 4.90 Å². The van der Waals surface area contributed by atoms with Crippen molar-refractivity contribution in [3.63, 3.8) is 0 Å². The SMILES string of the molecule is Cc1c(OC(=O)[O-])ccc([S+](C)C)c1Cc1ccccc1.[O-][Cl+3]([O-])([O-])O. The molecule has 2 rings (SSSR count). The number of carbonyl (C=O) groups excluding carboxylic acids is 1. The van der Waals surface area contributed by atoms with Gasteiger partial charge in [-0.2, -0.15) is 14.0 Å². The summed E-state index contributed by atoms with van der Waals surface area (Å²) in [5, 5.41) is 10.7. The Morgan fingerprint density at radius 2 is 1.65 bits per heavy atom. The second kappa shape index (κ2) is 9.77. The van der Waals surface area contributed by atoms with Gasteiger partial charge >= 0.3 is 0 Å². The van der Waals surface area contributed by atoms with E-state index in [1.807, 2.05) is 31.2 Å². The van der Waals surface area contributed by atoms with E-state index in [0.29, 0.717) is 5.75 Å². The predicted octanol–water partition coefficient (Wildman–Crippen LogP) is -1.58. The first-order valence-electron chi connectivity index (χ1n) is 7.25. The third-order valence-corrected chi connectivity index (χ3v) is 4.62. The van der Waals surface area contributed by atoms with Crippen molar-refractivity contribution in [1.82, 2.24) is 0 Å². The molecule has 0 atom stereocenters. The van der Waals surface area contributed by atoms with Crippen LogP contribution in [0.3, 0.4) is 0 Å². The van der Waals surface area contributed by atoms with Crippen LogP contribution in [0.4, 0.5) is 4.79 Å². The Balaban J connectivity index is 0.000000597.